The van der Waals surface area contributed by atoms with Gasteiger partial charge in [0.05, 0.1) is 6.42 Å². The van der Waals surface area contributed by atoms with Gasteiger partial charge in [0, 0.05) is 24.8 Å². The third-order valence-electron chi connectivity index (χ3n) is 4.50. The van der Waals surface area contributed by atoms with E-state index in [1.807, 2.05) is 72.3 Å². The van der Waals surface area contributed by atoms with Crippen LogP contribution in [0.4, 0.5) is 0 Å². The van der Waals surface area contributed by atoms with Crippen molar-refractivity contribution in [2.45, 2.75) is 39.5 Å². The van der Waals surface area contributed by atoms with Gasteiger partial charge in [-0.1, -0.05) is 48.0 Å². The lowest BCUT2D eigenvalue weighted by molar-refractivity contribution is -0.155. The van der Waals surface area contributed by atoms with E-state index >= 15 is 0 Å². The molecule has 0 saturated carbocycles. The summed E-state index contributed by atoms with van der Waals surface area (Å²) >= 11 is 0. The number of fused-ring (bicyclic) bond motifs is 1. The average molecular weight is 364 g/mol. The number of esters is 1. The summed E-state index contributed by atoms with van der Waals surface area (Å²) in [6, 6.07) is 17.9. The first kappa shape index (κ1) is 18.7. The van der Waals surface area contributed by atoms with Crippen LogP contribution in [0, 0.1) is 6.92 Å². The Morgan fingerprint density at radius 2 is 1.81 bits per heavy atom. The second-order valence-corrected chi connectivity index (χ2v) is 6.65. The molecule has 1 N–H and O–H groups in total. The minimum Gasteiger partial charge on any atom is -0.452 e. The summed E-state index contributed by atoms with van der Waals surface area (Å²) in [5, 5.41) is 3.93. The van der Waals surface area contributed by atoms with E-state index in [1.54, 1.807) is 6.92 Å². The molecule has 0 bridgehead atoms. The van der Waals surface area contributed by atoms with Crippen LogP contribution >= 0.6 is 0 Å². The molecule has 0 fully saturated rings. The van der Waals surface area contributed by atoms with Gasteiger partial charge in [-0.2, -0.15) is 0 Å². The second kappa shape index (κ2) is 8.54. The fourth-order valence-corrected chi connectivity index (χ4v) is 2.90. The Kier molecular flexibility index (Phi) is 5.91. The molecule has 0 saturated heterocycles. The minimum absolute atomic E-state index is 0.217. The molecule has 5 heteroatoms. The van der Waals surface area contributed by atoms with Crippen molar-refractivity contribution >= 4 is 22.8 Å². The molecule has 1 aromatic heterocycles. The van der Waals surface area contributed by atoms with Crippen molar-refractivity contribution in [1.82, 2.24) is 9.88 Å². The summed E-state index contributed by atoms with van der Waals surface area (Å²) in [6.45, 7) is 4.54. The van der Waals surface area contributed by atoms with Crippen molar-refractivity contribution in [3.8, 4) is 0 Å². The number of hydrogen-bond acceptors (Lipinski definition) is 3. The van der Waals surface area contributed by atoms with Crippen molar-refractivity contribution in [2.24, 2.45) is 0 Å². The van der Waals surface area contributed by atoms with Crippen LogP contribution in [-0.2, 0) is 27.4 Å². The summed E-state index contributed by atoms with van der Waals surface area (Å²) < 4.78 is 7.28. The van der Waals surface area contributed by atoms with Crippen molar-refractivity contribution in [3.63, 3.8) is 0 Å². The van der Waals surface area contributed by atoms with Crippen molar-refractivity contribution in [1.29, 1.82) is 0 Å². The van der Waals surface area contributed by atoms with Gasteiger partial charge in [-0.25, -0.2) is 0 Å². The first-order valence-corrected chi connectivity index (χ1v) is 9.09. The lowest BCUT2D eigenvalue weighted by Gasteiger charge is -2.14. The van der Waals surface area contributed by atoms with E-state index in [1.165, 1.54) is 5.56 Å². The molecular formula is C22H24N2O3. The number of nitrogens with one attached hydrogen (secondary N) is 1. The van der Waals surface area contributed by atoms with Gasteiger partial charge in [-0.15, -0.1) is 0 Å². The maximum Gasteiger partial charge on any atom is 0.308 e. The highest BCUT2D eigenvalue weighted by molar-refractivity contribution is 5.83. The number of para-hydroxylation sites is 1. The van der Waals surface area contributed by atoms with Gasteiger partial charge in [0.15, 0.2) is 6.10 Å². The first-order chi connectivity index (χ1) is 13.0. The summed E-state index contributed by atoms with van der Waals surface area (Å²) in [5.41, 5.74) is 3.25. The van der Waals surface area contributed by atoms with Gasteiger partial charge in [-0.3, -0.25) is 9.59 Å². The maximum atomic E-state index is 12.1. The van der Waals surface area contributed by atoms with Gasteiger partial charge in [0.25, 0.3) is 5.91 Å². The number of aryl methyl sites for hydroxylation is 2. The molecule has 5 nitrogen and oxygen atoms in total. The molecule has 1 amide bonds. The maximum absolute atomic E-state index is 12.1. The Morgan fingerprint density at radius 1 is 1.07 bits per heavy atom. The lowest BCUT2D eigenvalue weighted by atomic mass is 10.1. The Labute approximate surface area is 158 Å². The fraction of sp³-hybridized carbons (Fsp3) is 0.273. The molecule has 1 atom stereocenters. The molecule has 0 aliphatic carbocycles. The van der Waals surface area contributed by atoms with E-state index in [9.17, 15) is 9.59 Å². The molecular weight excluding hydrogens is 340 g/mol. The standard InChI is InChI=1S/C22H24N2O3/c1-16-7-9-18(10-8-16)15-23-22(26)17(2)27-21(25)12-14-24-13-11-19-5-3-4-6-20(19)24/h3-11,13,17H,12,14-15H2,1-2H3,(H,23,26). The van der Waals surface area contributed by atoms with E-state index in [-0.39, 0.29) is 18.3 Å². The quantitative estimate of drug-likeness (QED) is 0.652. The van der Waals surface area contributed by atoms with Crippen LogP contribution in [-0.4, -0.2) is 22.5 Å². The first-order valence-electron chi connectivity index (χ1n) is 9.09. The summed E-state index contributed by atoms with van der Waals surface area (Å²) in [5.74, 6) is -0.680. The van der Waals surface area contributed by atoms with Crippen LogP contribution in [0.5, 0.6) is 0 Å². The normalized spacial score (nSPS) is 11.9. The number of benzene rings is 2. The smallest absolute Gasteiger partial charge is 0.308 e. The SMILES string of the molecule is Cc1ccc(CNC(=O)C(C)OC(=O)CCn2ccc3ccccc32)cc1. The summed E-state index contributed by atoms with van der Waals surface area (Å²) in [6.07, 6.45) is 1.36. The largest absolute Gasteiger partial charge is 0.452 e. The van der Waals surface area contributed by atoms with Crippen LogP contribution in [0.2, 0.25) is 0 Å². The molecule has 140 valence electrons. The third-order valence-corrected chi connectivity index (χ3v) is 4.50. The molecule has 0 aliphatic rings. The zero-order chi connectivity index (χ0) is 19.2. The Balaban J connectivity index is 1.45. The number of carbonyl (C=O) groups is 2. The van der Waals surface area contributed by atoms with E-state index in [0.717, 1.165) is 16.5 Å². The molecule has 2 aromatic carbocycles. The molecule has 27 heavy (non-hydrogen) atoms. The summed E-state index contributed by atoms with van der Waals surface area (Å²) in [4.78, 5) is 24.2. The molecule has 0 spiro atoms. The van der Waals surface area contributed by atoms with Crippen molar-refractivity contribution < 1.29 is 14.3 Å². The lowest BCUT2D eigenvalue weighted by Crippen LogP contribution is -2.35. The molecule has 1 heterocycles. The van der Waals surface area contributed by atoms with Gasteiger partial charge in [-0.05, 0) is 36.9 Å². The van der Waals surface area contributed by atoms with E-state index in [4.69, 9.17) is 4.74 Å². The zero-order valence-electron chi connectivity index (χ0n) is 15.6. The van der Waals surface area contributed by atoms with Gasteiger partial charge in [0.1, 0.15) is 0 Å². The highest BCUT2D eigenvalue weighted by Crippen LogP contribution is 2.15. The minimum atomic E-state index is -0.815. The van der Waals surface area contributed by atoms with Crippen LogP contribution in [0.1, 0.15) is 24.5 Å². The third kappa shape index (κ3) is 4.97. The molecule has 0 aliphatic heterocycles. The van der Waals surface area contributed by atoms with E-state index in [0.29, 0.717) is 13.1 Å². The molecule has 3 aromatic rings. The predicted molar refractivity (Wildman–Crippen MR) is 105 cm³/mol. The van der Waals surface area contributed by atoms with Crippen LogP contribution in [0.15, 0.2) is 60.8 Å². The fourth-order valence-electron chi connectivity index (χ4n) is 2.90. The van der Waals surface area contributed by atoms with Crippen molar-refractivity contribution in [2.75, 3.05) is 0 Å². The Bertz CT molecular complexity index is 928. The Hall–Kier alpha value is -3.08. The predicted octanol–water partition coefficient (Wildman–Crippen LogP) is 3.59. The average Bonchev–Trinajstić information content (AvgIpc) is 3.09. The second-order valence-electron chi connectivity index (χ2n) is 6.65. The van der Waals surface area contributed by atoms with Gasteiger partial charge >= 0.3 is 5.97 Å². The van der Waals surface area contributed by atoms with Crippen LogP contribution < -0.4 is 5.32 Å². The van der Waals surface area contributed by atoms with Crippen molar-refractivity contribution in [3.05, 3.63) is 71.9 Å². The van der Waals surface area contributed by atoms with Crippen LogP contribution in [0.25, 0.3) is 10.9 Å². The monoisotopic (exact) mass is 364 g/mol. The van der Waals surface area contributed by atoms with Gasteiger partial charge < -0.3 is 14.6 Å². The topological polar surface area (TPSA) is 60.3 Å². The van der Waals surface area contributed by atoms with E-state index < -0.39 is 6.10 Å². The number of hydrogen-bond donors (Lipinski definition) is 1. The highest BCUT2D eigenvalue weighted by atomic mass is 16.5. The highest BCUT2D eigenvalue weighted by Gasteiger charge is 2.17. The number of ether oxygens (including phenoxy) is 1. The number of carbonyl (C=O) groups excluding carboxylic acids is 2. The number of rotatable bonds is 7. The van der Waals surface area contributed by atoms with Crippen LogP contribution in [0.3, 0.4) is 0 Å². The van der Waals surface area contributed by atoms with Gasteiger partial charge in [0.2, 0.25) is 0 Å². The number of amides is 1. The zero-order valence-corrected chi connectivity index (χ0v) is 15.6. The number of aromatic nitrogens is 1. The Morgan fingerprint density at radius 3 is 2.59 bits per heavy atom. The molecule has 0 radical (unpaired) electrons. The molecule has 3 rings (SSSR count). The molecule has 1 unspecified atom stereocenters. The number of nitrogens with zero attached hydrogens (tertiary/aromatic N) is 1. The van der Waals surface area contributed by atoms with E-state index in [2.05, 4.69) is 5.32 Å². The summed E-state index contributed by atoms with van der Waals surface area (Å²) in [7, 11) is 0.